The predicted octanol–water partition coefficient (Wildman–Crippen LogP) is 2.98. The number of ether oxygens (including phenoxy) is 1. The van der Waals surface area contributed by atoms with E-state index in [1.165, 1.54) is 11.3 Å². The number of hydrogen-bond donors (Lipinski definition) is 2. The van der Waals surface area contributed by atoms with E-state index < -0.39 is 12.6 Å². The van der Waals surface area contributed by atoms with Gasteiger partial charge in [0.05, 0.1) is 11.2 Å². The molecular weight excluding hydrogens is 304 g/mol. The number of carbonyl (C=O) groups is 2. The molecule has 1 amide bonds. The van der Waals surface area contributed by atoms with Crippen molar-refractivity contribution in [3.63, 3.8) is 0 Å². The maximum Gasteiger partial charge on any atom is 0.341 e. The molecule has 0 unspecified atom stereocenters. The summed E-state index contributed by atoms with van der Waals surface area (Å²) in [5.41, 5.74) is 0.604. The van der Waals surface area contributed by atoms with Crippen molar-refractivity contribution in [2.24, 2.45) is 0 Å². The van der Waals surface area contributed by atoms with Crippen LogP contribution in [0.5, 0.6) is 5.75 Å². The van der Waals surface area contributed by atoms with E-state index in [2.05, 4.69) is 10.3 Å². The van der Waals surface area contributed by atoms with Crippen molar-refractivity contribution in [3.05, 3.63) is 40.3 Å². The van der Waals surface area contributed by atoms with E-state index in [1.54, 1.807) is 30.5 Å². The first-order chi connectivity index (χ1) is 10.5. The van der Waals surface area contributed by atoms with E-state index >= 15 is 0 Å². The summed E-state index contributed by atoms with van der Waals surface area (Å²) in [5, 5.41) is 12.2. The van der Waals surface area contributed by atoms with Crippen molar-refractivity contribution in [1.82, 2.24) is 4.98 Å². The van der Waals surface area contributed by atoms with Crippen molar-refractivity contribution in [2.75, 3.05) is 11.9 Å². The topological polar surface area (TPSA) is 88.5 Å². The SMILES string of the molecule is CC(C)c1ncc(C(=O)Nc2ccc(OCC(=O)O)cc2)s1. The van der Waals surface area contributed by atoms with Crippen LogP contribution in [0.25, 0.3) is 0 Å². The fourth-order valence-electron chi connectivity index (χ4n) is 1.63. The van der Waals surface area contributed by atoms with Crippen molar-refractivity contribution in [2.45, 2.75) is 19.8 Å². The van der Waals surface area contributed by atoms with Crippen molar-refractivity contribution >= 4 is 28.9 Å². The van der Waals surface area contributed by atoms with Crippen LogP contribution in [0.15, 0.2) is 30.5 Å². The van der Waals surface area contributed by atoms with Gasteiger partial charge in [-0.1, -0.05) is 13.8 Å². The predicted molar refractivity (Wildman–Crippen MR) is 83.7 cm³/mol. The highest BCUT2D eigenvalue weighted by atomic mass is 32.1. The molecular formula is C15H16N2O4S. The summed E-state index contributed by atoms with van der Waals surface area (Å²) in [6.45, 7) is 3.65. The summed E-state index contributed by atoms with van der Waals surface area (Å²) in [4.78, 5) is 27.3. The number of anilines is 1. The highest BCUT2D eigenvalue weighted by Gasteiger charge is 2.12. The minimum Gasteiger partial charge on any atom is -0.482 e. The molecule has 0 fully saturated rings. The Morgan fingerprint density at radius 1 is 1.32 bits per heavy atom. The minimum absolute atomic E-state index is 0.219. The number of nitrogens with zero attached hydrogens (tertiary/aromatic N) is 1. The third-order valence-corrected chi connectivity index (χ3v) is 4.01. The van der Waals surface area contributed by atoms with Gasteiger partial charge in [0.15, 0.2) is 6.61 Å². The Hall–Kier alpha value is -2.41. The second kappa shape index (κ2) is 7.04. The summed E-state index contributed by atoms with van der Waals surface area (Å²) in [6.07, 6.45) is 1.57. The maximum atomic E-state index is 12.1. The van der Waals surface area contributed by atoms with Gasteiger partial charge in [0.1, 0.15) is 10.6 Å². The number of nitrogens with one attached hydrogen (secondary N) is 1. The van der Waals surface area contributed by atoms with Gasteiger partial charge >= 0.3 is 5.97 Å². The highest BCUT2D eigenvalue weighted by Crippen LogP contribution is 2.22. The Morgan fingerprint density at radius 2 is 2.00 bits per heavy atom. The smallest absolute Gasteiger partial charge is 0.341 e. The zero-order valence-electron chi connectivity index (χ0n) is 12.2. The van der Waals surface area contributed by atoms with Crippen LogP contribution >= 0.6 is 11.3 Å². The zero-order chi connectivity index (χ0) is 16.1. The van der Waals surface area contributed by atoms with E-state index in [-0.39, 0.29) is 11.8 Å². The molecule has 0 radical (unpaired) electrons. The molecule has 2 aromatic rings. The van der Waals surface area contributed by atoms with Crippen LogP contribution in [0.4, 0.5) is 5.69 Å². The second-order valence-electron chi connectivity index (χ2n) is 4.88. The van der Waals surface area contributed by atoms with Gasteiger partial charge in [0.2, 0.25) is 0 Å². The lowest BCUT2D eigenvalue weighted by molar-refractivity contribution is -0.139. The number of benzene rings is 1. The normalized spacial score (nSPS) is 10.5. The van der Waals surface area contributed by atoms with Crippen molar-refractivity contribution < 1.29 is 19.4 Å². The van der Waals surface area contributed by atoms with Crippen LogP contribution in [0, 0.1) is 0 Å². The lowest BCUT2D eigenvalue weighted by atomic mass is 10.2. The Morgan fingerprint density at radius 3 is 2.55 bits per heavy atom. The van der Waals surface area contributed by atoms with Gasteiger partial charge in [-0.25, -0.2) is 9.78 Å². The lowest BCUT2D eigenvalue weighted by Gasteiger charge is -2.06. The summed E-state index contributed by atoms with van der Waals surface area (Å²) >= 11 is 1.37. The largest absolute Gasteiger partial charge is 0.482 e. The molecule has 7 heteroatoms. The van der Waals surface area contributed by atoms with Crippen LogP contribution in [-0.4, -0.2) is 28.6 Å². The third kappa shape index (κ3) is 4.29. The number of hydrogen-bond acceptors (Lipinski definition) is 5. The van der Waals surface area contributed by atoms with Gasteiger partial charge < -0.3 is 15.2 Å². The fourth-order valence-corrected chi connectivity index (χ4v) is 2.45. The van der Waals surface area contributed by atoms with Crippen LogP contribution in [0.2, 0.25) is 0 Å². The maximum absolute atomic E-state index is 12.1. The van der Waals surface area contributed by atoms with E-state index in [0.717, 1.165) is 5.01 Å². The average molecular weight is 320 g/mol. The van der Waals surface area contributed by atoms with Gasteiger partial charge in [0.25, 0.3) is 5.91 Å². The molecule has 6 nitrogen and oxygen atoms in total. The molecule has 0 atom stereocenters. The third-order valence-electron chi connectivity index (χ3n) is 2.72. The molecule has 1 aromatic carbocycles. The number of rotatable bonds is 6. The monoisotopic (exact) mass is 320 g/mol. The molecule has 0 saturated carbocycles. The summed E-state index contributed by atoms with van der Waals surface area (Å²) < 4.78 is 5.02. The first-order valence-electron chi connectivity index (χ1n) is 6.67. The van der Waals surface area contributed by atoms with Gasteiger partial charge in [-0.2, -0.15) is 0 Å². The van der Waals surface area contributed by atoms with Crippen LogP contribution < -0.4 is 10.1 Å². The first kappa shape index (κ1) is 16.0. The van der Waals surface area contributed by atoms with Crippen molar-refractivity contribution in [1.29, 1.82) is 0 Å². The van der Waals surface area contributed by atoms with Gasteiger partial charge in [-0.15, -0.1) is 11.3 Å². The fraction of sp³-hybridized carbons (Fsp3) is 0.267. The van der Waals surface area contributed by atoms with Gasteiger partial charge in [-0.3, -0.25) is 4.79 Å². The molecule has 0 aliphatic rings. The summed E-state index contributed by atoms with van der Waals surface area (Å²) in [5.74, 6) is -0.537. The number of thiazole rings is 1. The summed E-state index contributed by atoms with van der Waals surface area (Å²) in [6, 6.07) is 6.51. The van der Waals surface area contributed by atoms with Crippen LogP contribution in [-0.2, 0) is 4.79 Å². The number of carboxylic acid groups (broad SMARTS) is 1. The molecule has 2 N–H and O–H groups in total. The molecule has 1 aromatic heterocycles. The summed E-state index contributed by atoms with van der Waals surface area (Å²) in [7, 11) is 0. The quantitative estimate of drug-likeness (QED) is 0.854. The molecule has 0 spiro atoms. The molecule has 0 aliphatic carbocycles. The Labute approximate surface area is 131 Å². The second-order valence-corrected chi connectivity index (χ2v) is 5.94. The molecule has 0 aliphatic heterocycles. The molecule has 2 rings (SSSR count). The number of aliphatic carboxylic acids is 1. The number of amides is 1. The molecule has 1 heterocycles. The molecule has 116 valence electrons. The Balaban J connectivity index is 1.97. The standard InChI is InChI=1S/C15H16N2O4S/c1-9(2)15-16-7-12(22-15)14(20)17-10-3-5-11(6-4-10)21-8-13(18)19/h3-7,9H,8H2,1-2H3,(H,17,20)(H,18,19). The number of carboxylic acids is 1. The average Bonchev–Trinajstić information content (AvgIpc) is 2.96. The van der Waals surface area contributed by atoms with E-state index in [0.29, 0.717) is 16.3 Å². The Bertz CT molecular complexity index is 664. The number of aromatic nitrogens is 1. The zero-order valence-corrected chi connectivity index (χ0v) is 13.0. The first-order valence-corrected chi connectivity index (χ1v) is 7.49. The van der Waals surface area contributed by atoms with Gasteiger partial charge in [-0.05, 0) is 24.3 Å². The number of carbonyl (C=O) groups excluding carboxylic acids is 1. The minimum atomic E-state index is -1.04. The molecule has 0 saturated heterocycles. The molecule has 22 heavy (non-hydrogen) atoms. The van der Waals surface area contributed by atoms with Gasteiger partial charge in [0, 0.05) is 11.6 Å². The van der Waals surface area contributed by atoms with Crippen molar-refractivity contribution in [3.8, 4) is 5.75 Å². The lowest BCUT2D eigenvalue weighted by Crippen LogP contribution is -2.11. The van der Waals surface area contributed by atoms with E-state index in [9.17, 15) is 9.59 Å². The Kier molecular flexibility index (Phi) is 5.11. The van der Waals surface area contributed by atoms with Crippen LogP contribution in [0.3, 0.4) is 0 Å². The van der Waals surface area contributed by atoms with Crippen LogP contribution in [0.1, 0.15) is 34.4 Å². The van der Waals surface area contributed by atoms with E-state index in [1.807, 2.05) is 13.8 Å². The van der Waals surface area contributed by atoms with E-state index in [4.69, 9.17) is 9.84 Å². The highest BCUT2D eigenvalue weighted by molar-refractivity contribution is 7.13. The molecule has 0 bridgehead atoms.